The van der Waals surface area contributed by atoms with Crippen molar-refractivity contribution in [1.29, 1.82) is 0 Å². The van der Waals surface area contributed by atoms with E-state index in [1.54, 1.807) is 0 Å². The molecule has 88 valence electrons. The van der Waals surface area contributed by atoms with Crippen molar-refractivity contribution in [2.75, 3.05) is 13.1 Å². The standard InChI is InChI=1S/C12H25N3/c1-4-6-7-8-12(3)10-14-11(13)15(12)9-5-2/h4-10H2,1-3H3,(H2,13,14). The number of nitrogens with zero attached hydrogens (tertiary/aromatic N) is 2. The minimum atomic E-state index is 0.190. The fraction of sp³-hybridized carbons (Fsp3) is 0.917. The van der Waals surface area contributed by atoms with E-state index in [1.807, 2.05) is 0 Å². The van der Waals surface area contributed by atoms with Crippen molar-refractivity contribution in [2.24, 2.45) is 10.7 Å². The molecule has 1 aliphatic rings. The number of unbranched alkanes of at least 4 members (excludes halogenated alkanes) is 2. The fourth-order valence-corrected chi connectivity index (χ4v) is 2.28. The molecule has 2 N–H and O–H groups in total. The molecule has 1 rings (SSSR count). The lowest BCUT2D eigenvalue weighted by atomic mass is 9.93. The second-order valence-electron chi connectivity index (χ2n) is 4.78. The number of hydrogen-bond acceptors (Lipinski definition) is 3. The van der Waals surface area contributed by atoms with Crippen molar-refractivity contribution in [3.63, 3.8) is 0 Å². The number of guanidine groups is 1. The van der Waals surface area contributed by atoms with Gasteiger partial charge in [-0.2, -0.15) is 0 Å². The van der Waals surface area contributed by atoms with Gasteiger partial charge in [0.05, 0.1) is 12.1 Å². The van der Waals surface area contributed by atoms with E-state index in [2.05, 4.69) is 30.7 Å². The van der Waals surface area contributed by atoms with Crippen molar-refractivity contribution >= 4 is 5.96 Å². The first-order valence-electron chi connectivity index (χ1n) is 6.21. The summed E-state index contributed by atoms with van der Waals surface area (Å²) >= 11 is 0. The molecule has 1 atom stereocenters. The molecule has 1 unspecified atom stereocenters. The lowest BCUT2D eigenvalue weighted by Crippen LogP contribution is -2.49. The summed E-state index contributed by atoms with van der Waals surface area (Å²) < 4.78 is 0. The number of aliphatic imine (C=N–C) groups is 1. The first kappa shape index (κ1) is 12.3. The molecule has 0 fully saturated rings. The fourth-order valence-electron chi connectivity index (χ4n) is 2.28. The Morgan fingerprint density at radius 3 is 2.67 bits per heavy atom. The van der Waals surface area contributed by atoms with Gasteiger partial charge >= 0.3 is 0 Å². The summed E-state index contributed by atoms with van der Waals surface area (Å²) in [7, 11) is 0. The third-order valence-electron chi connectivity index (χ3n) is 3.28. The normalized spacial score (nSPS) is 25.8. The van der Waals surface area contributed by atoms with E-state index < -0.39 is 0 Å². The summed E-state index contributed by atoms with van der Waals surface area (Å²) in [5.74, 6) is 0.746. The van der Waals surface area contributed by atoms with Crippen molar-refractivity contribution in [3.8, 4) is 0 Å². The molecule has 1 heterocycles. The molecule has 3 nitrogen and oxygen atoms in total. The van der Waals surface area contributed by atoms with Gasteiger partial charge in [-0.3, -0.25) is 4.99 Å². The quantitative estimate of drug-likeness (QED) is 0.685. The van der Waals surface area contributed by atoms with Gasteiger partial charge in [-0.05, 0) is 19.8 Å². The average Bonchev–Trinajstić information content (AvgIpc) is 2.48. The van der Waals surface area contributed by atoms with E-state index in [1.165, 1.54) is 25.7 Å². The van der Waals surface area contributed by atoms with Crippen LogP contribution in [0.5, 0.6) is 0 Å². The molecular weight excluding hydrogens is 186 g/mol. The Balaban J connectivity index is 2.51. The molecule has 0 amide bonds. The summed E-state index contributed by atoms with van der Waals surface area (Å²) in [5.41, 5.74) is 6.11. The molecule has 0 radical (unpaired) electrons. The Bertz CT molecular complexity index is 225. The zero-order chi connectivity index (χ0) is 11.3. The molecule has 0 saturated carbocycles. The summed E-state index contributed by atoms with van der Waals surface area (Å²) in [6, 6.07) is 0. The molecule has 0 aliphatic carbocycles. The second kappa shape index (κ2) is 5.38. The van der Waals surface area contributed by atoms with Crippen molar-refractivity contribution in [3.05, 3.63) is 0 Å². The maximum atomic E-state index is 5.92. The highest BCUT2D eigenvalue weighted by atomic mass is 15.3. The minimum absolute atomic E-state index is 0.190. The first-order valence-corrected chi connectivity index (χ1v) is 6.21. The Labute approximate surface area is 93.7 Å². The summed E-state index contributed by atoms with van der Waals surface area (Å²) in [5, 5.41) is 0. The van der Waals surface area contributed by atoms with E-state index >= 15 is 0 Å². The predicted octanol–water partition coefficient (Wildman–Crippen LogP) is 2.37. The number of rotatable bonds is 6. The van der Waals surface area contributed by atoms with E-state index in [9.17, 15) is 0 Å². The molecule has 15 heavy (non-hydrogen) atoms. The molecular formula is C12H25N3. The van der Waals surface area contributed by atoms with Gasteiger partial charge in [-0.25, -0.2) is 0 Å². The lowest BCUT2D eigenvalue weighted by molar-refractivity contribution is 0.202. The Morgan fingerprint density at radius 1 is 1.33 bits per heavy atom. The van der Waals surface area contributed by atoms with E-state index in [-0.39, 0.29) is 5.54 Å². The van der Waals surface area contributed by atoms with Gasteiger partial charge in [0.2, 0.25) is 0 Å². The summed E-state index contributed by atoms with van der Waals surface area (Å²) in [4.78, 5) is 6.68. The highest BCUT2D eigenvalue weighted by Gasteiger charge is 2.36. The molecule has 0 aromatic heterocycles. The zero-order valence-corrected chi connectivity index (χ0v) is 10.4. The monoisotopic (exact) mass is 211 g/mol. The molecule has 1 aliphatic heterocycles. The van der Waals surface area contributed by atoms with Gasteiger partial charge in [0, 0.05) is 6.54 Å². The lowest BCUT2D eigenvalue weighted by Gasteiger charge is -2.36. The largest absolute Gasteiger partial charge is 0.370 e. The van der Waals surface area contributed by atoms with Crippen molar-refractivity contribution < 1.29 is 0 Å². The van der Waals surface area contributed by atoms with Gasteiger partial charge in [0.25, 0.3) is 0 Å². The van der Waals surface area contributed by atoms with Crippen LogP contribution >= 0.6 is 0 Å². The maximum absolute atomic E-state index is 5.92. The van der Waals surface area contributed by atoms with Crippen molar-refractivity contribution in [2.45, 2.75) is 58.4 Å². The Kier molecular flexibility index (Phi) is 4.43. The number of hydrogen-bond donors (Lipinski definition) is 1. The first-order chi connectivity index (χ1) is 7.14. The van der Waals surface area contributed by atoms with Crippen LogP contribution in [0.2, 0.25) is 0 Å². The van der Waals surface area contributed by atoms with E-state index in [0.717, 1.165) is 25.5 Å². The highest BCUT2D eigenvalue weighted by Crippen LogP contribution is 2.27. The smallest absolute Gasteiger partial charge is 0.191 e. The summed E-state index contributed by atoms with van der Waals surface area (Å²) in [6.07, 6.45) is 6.23. The number of nitrogens with two attached hydrogens (primary N) is 1. The van der Waals surface area contributed by atoms with Crippen LogP contribution in [0.4, 0.5) is 0 Å². The van der Waals surface area contributed by atoms with Crippen LogP contribution in [0.3, 0.4) is 0 Å². The molecule has 3 heteroatoms. The van der Waals surface area contributed by atoms with Crippen LogP contribution in [-0.2, 0) is 0 Å². The molecule has 0 aromatic carbocycles. The SMILES string of the molecule is CCCCCC1(C)CN=C(N)N1CCC. The van der Waals surface area contributed by atoms with Crippen molar-refractivity contribution in [1.82, 2.24) is 4.90 Å². The topological polar surface area (TPSA) is 41.6 Å². The molecule has 0 bridgehead atoms. The Morgan fingerprint density at radius 2 is 2.07 bits per heavy atom. The van der Waals surface area contributed by atoms with Crippen LogP contribution in [0.1, 0.15) is 52.9 Å². The molecule has 0 saturated heterocycles. The van der Waals surface area contributed by atoms with Gasteiger partial charge in [0.15, 0.2) is 5.96 Å². The Hall–Kier alpha value is -0.730. The van der Waals surface area contributed by atoms with Crippen LogP contribution in [0.15, 0.2) is 4.99 Å². The second-order valence-corrected chi connectivity index (χ2v) is 4.78. The zero-order valence-electron chi connectivity index (χ0n) is 10.4. The van der Waals surface area contributed by atoms with Crippen LogP contribution < -0.4 is 5.73 Å². The van der Waals surface area contributed by atoms with Gasteiger partial charge in [-0.15, -0.1) is 0 Å². The van der Waals surface area contributed by atoms with Crippen LogP contribution in [0, 0.1) is 0 Å². The van der Waals surface area contributed by atoms with Gasteiger partial charge in [0.1, 0.15) is 0 Å². The predicted molar refractivity (Wildman–Crippen MR) is 66.0 cm³/mol. The van der Waals surface area contributed by atoms with Gasteiger partial charge < -0.3 is 10.6 Å². The maximum Gasteiger partial charge on any atom is 0.191 e. The minimum Gasteiger partial charge on any atom is -0.370 e. The third kappa shape index (κ3) is 2.86. The van der Waals surface area contributed by atoms with Crippen LogP contribution in [0.25, 0.3) is 0 Å². The average molecular weight is 211 g/mol. The highest BCUT2D eigenvalue weighted by molar-refractivity contribution is 5.80. The van der Waals surface area contributed by atoms with E-state index in [0.29, 0.717) is 0 Å². The van der Waals surface area contributed by atoms with Crippen LogP contribution in [-0.4, -0.2) is 29.5 Å². The molecule has 0 spiro atoms. The third-order valence-corrected chi connectivity index (χ3v) is 3.28. The van der Waals surface area contributed by atoms with Gasteiger partial charge in [-0.1, -0.05) is 33.1 Å². The van der Waals surface area contributed by atoms with E-state index in [4.69, 9.17) is 5.73 Å². The summed E-state index contributed by atoms with van der Waals surface area (Å²) in [6.45, 7) is 8.64. The molecule has 0 aromatic rings.